The Morgan fingerprint density at radius 1 is 1.29 bits per heavy atom. The Bertz CT molecular complexity index is 399. The van der Waals surface area contributed by atoms with Gasteiger partial charge in [0.05, 0.1) is 0 Å². The molecule has 5 heteroatoms. The smallest absolute Gasteiger partial charge is 0.411 e. The molecule has 2 amide bonds. The van der Waals surface area contributed by atoms with Gasteiger partial charge in [0.25, 0.3) is 0 Å². The summed E-state index contributed by atoms with van der Waals surface area (Å²) >= 11 is 0. The van der Waals surface area contributed by atoms with E-state index in [1.165, 1.54) is 19.3 Å². The van der Waals surface area contributed by atoms with Crippen LogP contribution in [-0.4, -0.2) is 53.1 Å². The van der Waals surface area contributed by atoms with Crippen molar-refractivity contribution in [2.45, 2.75) is 65.0 Å². The first-order valence-electron chi connectivity index (χ1n) is 8.10. The summed E-state index contributed by atoms with van der Waals surface area (Å²) in [4.78, 5) is 28.5. The molecule has 1 atom stereocenters. The van der Waals surface area contributed by atoms with E-state index in [0.717, 1.165) is 6.42 Å². The number of hydrogen-bond donors (Lipinski definition) is 0. The molecular weight excluding hydrogens is 268 g/mol. The Labute approximate surface area is 127 Å². The zero-order valence-electron chi connectivity index (χ0n) is 13.7. The maximum Gasteiger partial charge on any atom is 0.411 e. The highest BCUT2D eigenvalue weighted by molar-refractivity contribution is 5.87. The van der Waals surface area contributed by atoms with Crippen molar-refractivity contribution in [3.8, 4) is 0 Å². The minimum atomic E-state index is -0.525. The second-order valence-electron chi connectivity index (χ2n) is 7.14. The number of amides is 2. The van der Waals surface area contributed by atoms with Gasteiger partial charge in [0.15, 0.2) is 0 Å². The number of nitrogens with zero attached hydrogens (tertiary/aromatic N) is 2. The van der Waals surface area contributed by atoms with Gasteiger partial charge in [-0.1, -0.05) is 19.3 Å². The van der Waals surface area contributed by atoms with E-state index in [4.69, 9.17) is 4.74 Å². The van der Waals surface area contributed by atoms with Gasteiger partial charge in [-0.3, -0.25) is 9.69 Å². The Morgan fingerprint density at radius 3 is 2.43 bits per heavy atom. The third-order valence-electron chi connectivity index (χ3n) is 4.37. The summed E-state index contributed by atoms with van der Waals surface area (Å²) in [6, 6.07) is -0.334. The number of likely N-dealkylation sites (N-methyl/N-ethyl adjacent to an activating group) is 1. The standard InChI is InChI=1S/C16H28N2O3/c1-5-17-9-10-18(15(20)21-16(2,3)4)13(14(17)19)11-12-7-6-8-12/h12-13H,5-11H2,1-4H3. The van der Waals surface area contributed by atoms with E-state index >= 15 is 0 Å². The van der Waals surface area contributed by atoms with E-state index in [-0.39, 0.29) is 18.0 Å². The first-order chi connectivity index (χ1) is 9.81. The molecule has 120 valence electrons. The molecule has 1 aliphatic heterocycles. The van der Waals surface area contributed by atoms with Crippen LogP contribution < -0.4 is 0 Å². The van der Waals surface area contributed by atoms with Gasteiger partial charge in [-0.2, -0.15) is 0 Å². The van der Waals surface area contributed by atoms with E-state index in [2.05, 4.69) is 0 Å². The minimum absolute atomic E-state index is 0.0847. The van der Waals surface area contributed by atoms with Crippen molar-refractivity contribution in [2.75, 3.05) is 19.6 Å². The molecule has 1 heterocycles. The maximum atomic E-state index is 12.6. The highest BCUT2D eigenvalue weighted by Gasteiger charge is 2.40. The molecule has 0 bridgehead atoms. The molecule has 2 rings (SSSR count). The maximum absolute atomic E-state index is 12.6. The summed E-state index contributed by atoms with van der Waals surface area (Å²) in [5, 5.41) is 0. The van der Waals surface area contributed by atoms with Gasteiger partial charge >= 0.3 is 6.09 Å². The van der Waals surface area contributed by atoms with Gasteiger partial charge in [0.2, 0.25) is 5.91 Å². The SMILES string of the molecule is CCN1CCN(C(=O)OC(C)(C)C)C(CC2CCC2)C1=O. The molecule has 0 aromatic heterocycles. The largest absolute Gasteiger partial charge is 0.444 e. The lowest BCUT2D eigenvalue weighted by Crippen LogP contribution is -2.59. The number of ether oxygens (including phenoxy) is 1. The normalized spacial score (nSPS) is 24.0. The summed E-state index contributed by atoms with van der Waals surface area (Å²) in [7, 11) is 0. The van der Waals surface area contributed by atoms with Gasteiger partial charge < -0.3 is 9.64 Å². The molecule has 1 saturated heterocycles. The van der Waals surface area contributed by atoms with Crippen LogP contribution in [0.3, 0.4) is 0 Å². The molecule has 0 N–H and O–H groups in total. The lowest BCUT2D eigenvalue weighted by molar-refractivity contribution is -0.142. The van der Waals surface area contributed by atoms with Crippen LogP contribution in [0.2, 0.25) is 0 Å². The van der Waals surface area contributed by atoms with Crippen LogP contribution in [0.25, 0.3) is 0 Å². The predicted octanol–water partition coefficient (Wildman–Crippen LogP) is 2.64. The van der Waals surface area contributed by atoms with Gasteiger partial charge in [0.1, 0.15) is 11.6 Å². The second-order valence-corrected chi connectivity index (χ2v) is 7.14. The van der Waals surface area contributed by atoms with Gasteiger partial charge in [-0.15, -0.1) is 0 Å². The van der Waals surface area contributed by atoms with Crippen molar-refractivity contribution in [2.24, 2.45) is 5.92 Å². The fraction of sp³-hybridized carbons (Fsp3) is 0.875. The molecule has 0 radical (unpaired) electrons. The van der Waals surface area contributed by atoms with Crippen LogP contribution in [0.4, 0.5) is 4.79 Å². The number of piperazine rings is 1. The molecule has 1 aliphatic carbocycles. The van der Waals surface area contributed by atoms with Crippen molar-refractivity contribution >= 4 is 12.0 Å². The van der Waals surface area contributed by atoms with Crippen LogP contribution in [-0.2, 0) is 9.53 Å². The highest BCUT2D eigenvalue weighted by atomic mass is 16.6. The number of carbonyl (C=O) groups is 2. The third kappa shape index (κ3) is 3.89. The molecule has 2 fully saturated rings. The average molecular weight is 296 g/mol. The zero-order valence-corrected chi connectivity index (χ0v) is 13.7. The van der Waals surface area contributed by atoms with E-state index < -0.39 is 5.60 Å². The predicted molar refractivity (Wildman–Crippen MR) is 80.9 cm³/mol. The number of rotatable bonds is 3. The number of hydrogen-bond acceptors (Lipinski definition) is 3. The van der Waals surface area contributed by atoms with Crippen molar-refractivity contribution in [3.63, 3.8) is 0 Å². The van der Waals surface area contributed by atoms with E-state index in [1.807, 2.05) is 32.6 Å². The Kier molecular flexibility index (Phi) is 4.79. The van der Waals surface area contributed by atoms with E-state index in [9.17, 15) is 9.59 Å². The van der Waals surface area contributed by atoms with Crippen molar-refractivity contribution in [1.29, 1.82) is 0 Å². The molecule has 1 unspecified atom stereocenters. The molecule has 5 nitrogen and oxygen atoms in total. The van der Waals surface area contributed by atoms with Crippen molar-refractivity contribution < 1.29 is 14.3 Å². The third-order valence-corrected chi connectivity index (χ3v) is 4.37. The monoisotopic (exact) mass is 296 g/mol. The topological polar surface area (TPSA) is 49.9 Å². The quantitative estimate of drug-likeness (QED) is 0.804. The molecule has 0 aromatic carbocycles. The first kappa shape index (κ1) is 16.1. The first-order valence-corrected chi connectivity index (χ1v) is 8.10. The van der Waals surface area contributed by atoms with Crippen LogP contribution in [0.15, 0.2) is 0 Å². The minimum Gasteiger partial charge on any atom is -0.444 e. The summed E-state index contributed by atoms with van der Waals surface area (Å²) in [6.07, 6.45) is 4.04. The molecule has 1 saturated carbocycles. The molecule has 21 heavy (non-hydrogen) atoms. The lowest BCUT2D eigenvalue weighted by Gasteiger charge is -2.42. The summed E-state index contributed by atoms with van der Waals surface area (Å²) in [6.45, 7) is 9.45. The Morgan fingerprint density at radius 2 is 1.95 bits per heavy atom. The van der Waals surface area contributed by atoms with Crippen molar-refractivity contribution in [3.05, 3.63) is 0 Å². The summed E-state index contributed by atoms with van der Waals surface area (Å²) < 4.78 is 5.47. The van der Waals surface area contributed by atoms with E-state index in [1.54, 1.807) is 4.90 Å². The van der Waals surface area contributed by atoms with Crippen LogP contribution >= 0.6 is 0 Å². The second kappa shape index (κ2) is 6.24. The van der Waals surface area contributed by atoms with Crippen LogP contribution in [0.5, 0.6) is 0 Å². The fourth-order valence-electron chi connectivity index (χ4n) is 2.96. The highest BCUT2D eigenvalue weighted by Crippen LogP contribution is 2.33. The molecule has 0 aromatic rings. The number of carbonyl (C=O) groups excluding carboxylic acids is 2. The van der Waals surface area contributed by atoms with Crippen LogP contribution in [0.1, 0.15) is 53.4 Å². The van der Waals surface area contributed by atoms with E-state index in [0.29, 0.717) is 25.6 Å². The Hall–Kier alpha value is -1.26. The van der Waals surface area contributed by atoms with Crippen LogP contribution in [0, 0.1) is 5.92 Å². The van der Waals surface area contributed by atoms with Gasteiger partial charge in [0, 0.05) is 19.6 Å². The van der Waals surface area contributed by atoms with Gasteiger partial charge in [-0.25, -0.2) is 4.79 Å². The summed E-state index contributed by atoms with van der Waals surface area (Å²) in [5.41, 5.74) is -0.525. The molecule has 0 spiro atoms. The lowest BCUT2D eigenvalue weighted by atomic mass is 9.80. The molecular formula is C16H28N2O3. The summed E-state index contributed by atoms with van der Waals surface area (Å²) in [5.74, 6) is 0.669. The molecule has 2 aliphatic rings. The Balaban J connectivity index is 2.08. The fourth-order valence-corrected chi connectivity index (χ4v) is 2.96. The zero-order chi connectivity index (χ0) is 15.6. The average Bonchev–Trinajstić information content (AvgIpc) is 2.32. The van der Waals surface area contributed by atoms with Crippen molar-refractivity contribution in [1.82, 2.24) is 9.80 Å². The van der Waals surface area contributed by atoms with Gasteiger partial charge in [-0.05, 0) is 40.0 Å².